The van der Waals surface area contributed by atoms with E-state index in [1.54, 1.807) is 6.20 Å². The van der Waals surface area contributed by atoms with Crippen molar-refractivity contribution in [3.63, 3.8) is 0 Å². The first-order chi connectivity index (χ1) is 11.6. The molecule has 1 aromatic carbocycles. The zero-order valence-corrected chi connectivity index (χ0v) is 14.0. The average molecular weight is 326 g/mol. The van der Waals surface area contributed by atoms with Crippen molar-refractivity contribution in [2.45, 2.75) is 32.7 Å². The van der Waals surface area contributed by atoms with E-state index in [4.69, 9.17) is 0 Å². The molecule has 126 valence electrons. The lowest BCUT2D eigenvalue weighted by Crippen LogP contribution is -2.41. The summed E-state index contributed by atoms with van der Waals surface area (Å²) in [5.41, 5.74) is 2.58. The molecule has 0 radical (unpaired) electrons. The molecule has 2 heterocycles. The van der Waals surface area contributed by atoms with Gasteiger partial charge in [-0.1, -0.05) is 31.2 Å². The van der Waals surface area contributed by atoms with E-state index in [2.05, 4.69) is 15.6 Å². The monoisotopic (exact) mass is 326 g/mol. The predicted molar refractivity (Wildman–Crippen MR) is 91.7 cm³/mol. The molecule has 6 nitrogen and oxygen atoms in total. The Labute approximate surface area is 141 Å². The predicted octanol–water partition coefficient (Wildman–Crippen LogP) is 2.06. The molecule has 1 aliphatic heterocycles. The number of nitrogens with one attached hydrogen (secondary N) is 2. The third-order valence-electron chi connectivity index (χ3n) is 4.27. The van der Waals surface area contributed by atoms with Crippen LogP contribution in [0.4, 0.5) is 0 Å². The molecule has 0 saturated carbocycles. The van der Waals surface area contributed by atoms with Gasteiger partial charge < -0.3 is 15.2 Å². The highest BCUT2D eigenvalue weighted by Crippen LogP contribution is 2.29. The first kappa shape index (κ1) is 16.2. The number of nitrogens with zero attached hydrogens (tertiary/aromatic N) is 2. The molecular weight excluding hydrogens is 304 g/mol. The van der Waals surface area contributed by atoms with E-state index in [9.17, 15) is 9.59 Å². The third kappa shape index (κ3) is 3.04. The van der Waals surface area contributed by atoms with Crippen LogP contribution >= 0.6 is 0 Å². The average Bonchev–Trinajstić information content (AvgIpc) is 3.02. The van der Waals surface area contributed by atoms with Crippen LogP contribution in [0, 0.1) is 6.92 Å². The van der Waals surface area contributed by atoms with E-state index in [1.165, 1.54) is 0 Å². The Kier molecular flexibility index (Phi) is 4.64. The van der Waals surface area contributed by atoms with Gasteiger partial charge in [0.05, 0.1) is 12.2 Å². The van der Waals surface area contributed by atoms with Crippen LogP contribution in [0.5, 0.6) is 0 Å². The quantitative estimate of drug-likeness (QED) is 0.883. The molecule has 3 rings (SSSR count). The lowest BCUT2D eigenvalue weighted by molar-refractivity contribution is -0.121. The molecule has 6 heteroatoms. The zero-order valence-electron chi connectivity index (χ0n) is 14.0. The molecule has 1 unspecified atom stereocenters. The van der Waals surface area contributed by atoms with Crippen molar-refractivity contribution < 1.29 is 9.59 Å². The molecule has 24 heavy (non-hydrogen) atoms. The Morgan fingerprint density at radius 2 is 2.21 bits per heavy atom. The summed E-state index contributed by atoms with van der Waals surface area (Å²) < 4.78 is 1.91. The summed E-state index contributed by atoms with van der Waals surface area (Å²) in [6, 6.07) is 7.80. The molecule has 1 atom stereocenters. The Hall–Kier alpha value is -2.63. The van der Waals surface area contributed by atoms with Gasteiger partial charge in [-0.15, -0.1) is 0 Å². The number of benzene rings is 1. The molecule has 0 fully saturated rings. The van der Waals surface area contributed by atoms with E-state index in [0.29, 0.717) is 25.2 Å². The smallest absolute Gasteiger partial charge is 0.269 e. The van der Waals surface area contributed by atoms with Crippen LogP contribution < -0.4 is 10.6 Å². The lowest BCUT2D eigenvalue weighted by Gasteiger charge is -2.27. The fourth-order valence-corrected chi connectivity index (χ4v) is 3.03. The summed E-state index contributed by atoms with van der Waals surface area (Å²) in [5.74, 6) is 0.590. The molecule has 2 amide bonds. The van der Waals surface area contributed by atoms with Crippen LogP contribution in [0.3, 0.4) is 0 Å². The van der Waals surface area contributed by atoms with E-state index in [0.717, 1.165) is 23.4 Å². The number of aromatic nitrogens is 2. The molecular formula is C18H22N4O2. The minimum absolute atomic E-state index is 0.00613. The van der Waals surface area contributed by atoms with Crippen LogP contribution in [0.2, 0.25) is 0 Å². The summed E-state index contributed by atoms with van der Waals surface area (Å²) >= 11 is 0. The molecule has 2 aromatic rings. The van der Waals surface area contributed by atoms with Gasteiger partial charge in [0.15, 0.2) is 0 Å². The van der Waals surface area contributed by atoms with Gasteiger partial charge in [0.1, 0.15) is 11.5 Å². The van der Waals surface area contributed by atoms with Crippen molar-refractivity contribution in [2.75, 3.05) is 13.1 Å². The summed E-state index contributed by atoms with van der Waals surface area (Å²) in [6.45, 7) is 5.13. The molecule has 0 saturated heterocycles. The maximum Gasteiger partial charge on any atom is 0.269 e. The summed E-state index contributed by atoms with van der Waals surface area (Å²) in [6.07, 6.45) is 2.81. The Bertz CT molecular complexity index is 766. The van der Waals surface area contributed by atoms with Gasteiger partial charge in [0, 0.05) is 25.1 Å². The van der Waals surface area contributed by atoms with Crippen LogP contribution in [0.1, 0.15) is 41.9 Å². The molecule has 0 aliphatic carbocycles. The number of imidazole rings is 1. The Balaban J connectivity index is 1.96. The molecule has 2 N–H and O–H groups in total. The summed E-state index contributed by atoms with van der Waals surface area (Å²) in [4.78, 5) is 28.8. The van der Waals surface area contributed by atoms with E-state index in [1.807, 2.05) is 42.7 Å². The number of amides is 2. The number of carbonyl (C=O) groups excluding carboxylic acids is 2. The van der Waals surface area contributed by atoms with Gasteiger partial charge in [-0.3, -0.25) is 9.59 Å². The van der Waals surface area contributed by atoms with Crippen molar-refractivity contribution in [3.8, 4) is 11.4 Å². The fraction of sp³-hybridized carbons (Fsp3) is 0.389. The van der Waals surface area contributed by atoms with Gasteiger partial charge in [-0.25, -0.2) is 4.98 Å². The van der Waals surface area contributed by atoms with Gasteiger partial charge in [0.25, 0.3) is 5.91 Å². The normalized spacial score (nSPS) is 16.4. The second-order valence-corrected chi connectivity index (χ2v) is 6.07. The topological polar surface area (TPSA) is 76.0 Å². The molecule has 0 spiro atoms. The van der Waals surface area contributed by atoms with Gasteiger partial charge >= 0.3 is 0 Å². The first-order valence-corrected chi connectivity index (χ1v) is 8.30. The molecule has 0 bridgehead atoms. The number of rotatable bonds is 5. The van der Waals surface area contributed by atoms with E-state index in [-0.39, 0.29) is 17.9 Å². The Morgan fingerprint density at radius 3 is 2.96 bits per heavy atom. The SMILES string of the molecule is CCCNC(=O)CC1CNC(=O)c2cnc(-c3ccccc3C)n21. The second kappa shape index (κ2) is 6.86. The standard InChI is InChI=1S/C18H22N4O2/c1-3-8-19-16(23)9-13-10-21-18(24)15-11-20-17(22(13)15)14-7-5-4-6-12(14)2/h4-7,11,13H,3,8-10H2,1-2H3,(H,19,23)(H,21,24). The van der Waals surface area contributed by atoms with Crippen molar-refractivity contribution in [3.05, 3.63) is 41.7 Å². The van der Waals surface area contributed by atoms with E-state index >= 15 is 0 Å². The molecule has 1 aliphatic rings. The fourth-order valence-electron chi connectivity index (χ4n) is 3.03. The van der Waals surface area contributed by atoms with Gasteiger partial charge in [0.2, 0.25) is 5.91 Å². The maximum absolute atomic E-state index is 12.1. The number of hydrogen-bond acceptors (Lipinski definition) is 3. The van der Waals surface area contributed by atoms with Crippen LogP contribution in [-0.2, 0) is 4.79 Å². The van der Waals surface area contributed by atoms with Crippen molar-refractivity contribution in [1.29, 1.82) is 0 Å². The van der Waals surface area contributed by atoms with Crippen LogP contribution in [0.15, 0.2) is 30.5 Å². The van der Waals surface area contributed by atoms with Crippen LogP contribution in [0.25, 0.3) is 11.4 Å². The Morgan fingerprint density at radius 1 is 1.42 bits per heavy atom. The van der Waals surface area contributed by atoms with Crippen molar-refractivity contribution >= 4 is 11.8 Å². The largest absolute Gasteiger partial charge is 0.356 e. The minimum Gasteiger partial charge on any atom is -0.356 e. The van der Waals surface area contributed by atoms with Crippen LogP contribution in [-0.4, -0.2) is 34.5 Å². The first-order valence-electron chi connectivity index (χ1n) is 8.30. The molecule has 1 aromatic heterocycles. The summed E-state index contributed by atoms with van der Waals surface area (Å²) in [5, 5.41) is 5.75. The lowest BCUT2D eigenvalue weighted by atomic mass is 10.1. The number of aryl methyl sites for hydroxylation is 1. The zero-order chi connectivity index (χ0) is 17.1. The van der Waals surface area contributed by atoms with Crippen molar-refractivity contribution in [1.82, 2.24) is 20.2 Å². The highest BCUT2D eigenvalue weighted by atomic mass is 16.2. The van der Waals surface area contributed by atoms with E-state index < -0.39 is 0 Å². The van der Waals surface area contributed by atoms with Crippen molar-refractivity contribution in [2.24, 2.45) is 0 Å². The van der Waals surface area contributed by atoms with Gasteiger partial charge in [-0.2, -0.15) is 0 Å². The number of hydrogen-bond donors (Lipinski definition) is 2. The third-order valence-corrected chi connectivity index (χ3v) is 4.27. The second-order valence-electron chi connectivity index (χ2n) is 6.07. The highest BCUT2D eigenvalue weighted by molar-refractivity contribution is 5.94. The summed E-state index contributed by atoms with van der Waals surface area (Å²) in [7, 11) is 0. The number of carbonyl (C=O) groups is 2. The minimum atomic E-state index is -0.146. The highest BCUT2D eigenvalue weighted by Gasteiger charge is 2.30. The van der Waals surface area contributed by atoms with Gasteiger partial charge in [-0.05, 0) is 18.9 Å². The number of fused-ring (bicyclic) bond motifs is 1. The maximum atomic E-state index is 12.1.